The number of hydrogen-bond donors (Lipinski definition) is 1. The van der Waals surface area contributed by atoms with E-state index in [0.717, 1.165) is 11.1 Å². The van der Waals surface area contributed by atoms with Crippen molar-refractivity contribution in [3.05, 3.63) is 70.8 Å². The predicted molar refractivity (Wildman–Crippen MR) is 84.6 cm³/mol. The van der Waals surface area contributed by atoms with Crippen LogP contribution >= 0.6 is 0 Å². The molecule has 0 spiro atoms. The Morgan fingerprint density at radius 3 is 2.43 bits per heavy atom. The molecule has 0 aliphatic heterocycles. The average molecular weight is 276 g/mol. The molecule has 0 radical (unpaired) electrons. The molecule has 1 N–H and O–H groups in total. The van der Waals surface area contributed by atoms with Crippen LogP contribution in [0.3, 0.4) is 0 Å². The molecule has 0 bridgehead atoms. The minimum atomic E-state index is -0.401. The molecule has 0 heterocycles. The third-order valence-electron chi connectivity index (χ3n) is 3.24. The van der Waals surface area contributed by atoms with Gasteiger partial charge in [-0.3, -0.25) is 4.79 Å². The van der Waals surface area contributed by atoms with Gasteiger partial charge in [-0.15, -0.1) is 0 Å². The summed E-state index contributed by atoms with van der Waals surface area (Å²) < 4.78 is 0. The number of hydrogen-bond acceptors (Lipinski definition) is 2. The molecule has 3 heteroatoms. The summed E-state index contributed by atoms with van der Waals surface area (Å²) in [6, 6.07) is 16.9. The summed E-state index contributed by atoms with van der Waals surface area (Å²) >= 11 is 0. The average Bonchev–Trinajstić information content (AvgIpc) is 2.49. The van der Waals surface area contributed by atoms with Crippen LogP contribution in [0.4, 0.5) is 5.69 Å². The lowest BCUT2D eigenvalue weighted by atomic mass is 10.0. The zero-order valence-corrected chi connectivity index (χ0v) is 12.1. The number of nitrogens with zero attached hydrogens (tertiary/aromatic N) is 1. The highest BCUT2D eigenvalue weighted by Gasteiger charge is 2.09. The fourth-order valence-corrected chi connectivity index (χ4v) is 1.89. The fourth-order valence-electron chi connectivity index (χ4n) is 1.89. The monoisotopic (exact) mass is 276 g/mol. The Morgan fingerprint density at radius 1 is 1.10 bits per heavy atom. The Bertz CT molecular complexity index is 725. The zero-order valence-electron chi connectivity index (χ0n) is 12.1. The minimum Gasteiger partial charge on any atom is -0.321 e. The highest BCUT2D eigenvalue weighted by atomic mass is 16.1. The third kappa shape index (κ3) is 3.80. The van der Waals surface area contributed by atoms with Gasteiger partial charge in [0.25, 0.3) is 5.91 Å². The number of nitriles is 1. The summed E-state index contributed by atoms with van der Waals surface area (Å²) in [5, 5.41) is 11.9. The molecule has 3 nitrogen and oxygen atoms in total. The molecule has 1 amide bonds. The van der Waals surface area contributed by atoms with Crippen molar-refractivity contribution in [2.24, 2.45) is 0 Å². The van der Waals surface area contributed by atoms with Crippen molar-refractivity contribution in [2.45, 2.75) is 13.8 Å². The van der Waals surface area contributed by atoms with Crippen LogP contribution in [0.1, 0.15) is 16.7 Å². The lowest BCUT2D eigenvalue weighted by molar-refractivity contribution is -0.112. The lowest BCUT2D eigenvalue weighted by Crippen LogP contribution is -2.13. The zero-order chi connectivity index (χ0) is 15.2. The van der Waals surface area contributed by atoms with E-state index in [1.807, 2.05) is 56.3 Å². The normalized spacial score (nSPS) is 10.8. The van der Waals surface area contributed by atoms with Gasteiger partial charge in [-0.1, -0.05) is 36.4 Å². The van der Waals surface area contributed by atoms with Crippen molar-refractivity contribution < 1.29 is 4.79 Å². The second-order valence-corrected chi connectivity index (χ2v) is 4.83. The summed E-state index contributed by atoms with van der Waals surface area (Å²) in [7, 11) is 0. The van der Waals surface area contributed by atoms with Crippen LogP contribution in [0, 0.1) is 25.2 Å². The van der Waals surface area contributed by atoms with Gasteiger partial charge in [0, 0.05) is 5.69 Å². The molecule has 2 rings (SSSR count). The number of aryl methyl sites for hydroxylation is 2. The number of amides is 1. The van der Waals surface area contributed by atoms with E-state index in [2.05, 4.69) is 5.32 Å². The van der Waals surface area contributed by atoms with Crippen LogP contribution in [0.15, 0.2) is 54.1 Å². The molecule has 104 valence electrons. The molecule has 21 heavy (non-hydrogen) atoms. The molecule has 0 fully saturated rings. The number of benzene rings is 2. The SMILES string of the molecule is Cc1ccc(/C=C(\C#N)C(=O)Nc2ccccc2)cc1C. The Kier molecular flexibility index (Phi) is 4.53. The Hall–Kier alpha value is -2.86. The van der Waals surface area contributed by atoms with E-state index in [4.69, 9.17) is 0 Å². The van der Waals surface area contributed by atoms with E-state index in [-0.39, 0.29) is 5.57 Å². The molecular formula is C18H16N2O. The van der Waals surface area contributed by atoms with Crippen molar-refractivity contribution in [1.29, 1.82) is 5.26 Å². The van der Waals surface area contributed by atoms with Gasteiger partial charge >= 0.3 is 0 Å². The maximum Gasteiger partial charge on any atom is 0.266 e. The number of carbonyl (C=O) groups is 1. The second kappa shape index (κ2) is 6.53. The largest absolute Gasteiger partial charge is 0.321 e. The van der Waals surface area contributed by atoms with Crippen molar-refractivity contribution in [1.82, 2.24) is 0 Å². The molecule has 0 aliphatic carbocycles. The number of nitrogens with one attached hydrogen (secondary N) is 1. The van der Waals surface area contributed by atoms with Crippen molar-refractivity contribution in [2.75, 3.05) is 5.32 Å². The first-order chi connectivity index (χ1) is 10.1. The molecule has 0 saturated carbocycles. The Labute approximate surface area is 124 Å². The molecule has 0 saturated heterocycles. The quantitative estimate of drug-likeness (QED) is 0.684. The standard InChI is InChI=1S/C18H16N2O/c1-13-8-9-15(10-14(13)2)11-16(12-19)18(21)20-17-6-4-3-5-7-17/h3-11H,1-2H3,(H,20,21)/b16-11+. The molecule has 0 unspecified atom stereocenters. The predicted octanol–water partition coefficient (Wildman–Crippen LogP) is 3.85. The van der Waals surface area contributed by atoms with Gasteiger partial charge in [0.15, 0.2) is 0 Å². The first kappa shape index (κ1) is 14.5. The van der Waals surface area contributed by atoms with Gasteiger partial charge in [0.2, 0.25) is 0 Å². The van der Waals surface area contributed by atoms with Crippen molar-refractivity contribution >= 4 is 17.7 Å². The number of rotatable bonds is 3. The molecular weight excluding hydrogens is 260 g/mol. The highest BCUT2D eigenvalue weighted by Crippen LogP contribution is 2.14. The van der Waals surface area contributed by atoms with Crippen molar-refractivity contribution in [3.63, 3.8) is 0 Å². The number of anilines is 1. The third-order valence-corrected chi connectivity index (χ3v) is 3.24. The smallest absolute Gasteiger partial charge is 0.266 e. The van der Waals surface area contributed by atoms with E-state index in [0.29, 0.717) is 5.69 Å². The topological polar surface area (TPSA) is 52.9 Å². The van der Waals surface area contributed by atoms with Gasteiger partial charge in [-0.25, -0.2) is 0 Å². The Morgan fingerprint density at radius 2 is 1.81 bits per heavy atom. The summed E-state index contributed by atoms with van der Waals surface area (Å²) in [6.07, 6.45) is 1.60. The van der Waals surface area contributed by atoms with Gasteiger partial charge in [0.1, 0.15) is 11.6 Å². The molecule has 2 aromatic carbocycles. The van der Waals surface area contributed by atoms with Crippen molar-refractivity contribution in [3.8, 4) is 6.07 Å². The molecule has 2 aromatic rings. The first-order valence-electron chi connectivity index (χ1n) is 6.65. The number of carbonyl (C=O) groups excluding carboxylic acids is 1. The lowest BCUT2D eigenvalue weighted by Gasteiger charge is -2.05. The maximum absolute atomic E-state index is 12.1. The van der Waals surface area contributed by atoms with Crippen LogP contribution in [-0.4, -0.2) is 5.91 Å². The summed E-state index contributed by atoms with van der Waals surface area (Å²) in [5.74, 6) is -0.401. The van der Waals surface area contributed by atoms with Crippen LogP contribution in [0.25, 0.3) is 6.08 Å². The van der Waals surface area contributed by atoms with E-state index >= 15 is 0 Å². The van der Waals surface area contributed by atoms with E-state index < -0.39 is 5.91 Å². The fraction of sp³-hybridized carbons (Fsp3) is 0.111. The van der Waals surface area contributed by atoms with Crippen LogP contribution < -0.4 is 5.32 Å². The molecule has 0 aliphatic rings. The number of para-hydroxylation sites is 1. The van der Waals surface area contributed by atoms with E-state index in [9.17, 15) is 10.1 Å². The van der Waals surface area contributed by atoms with Gasteiger partial charge in [-0.2, -0.15) is 5.26 Å². The molecule has 0 aromatic heterocycles. The van der Waals surface area contributed by atoms with Crippen LogP contribution in [0.2, 0.25) is 0 Å². The van der Waals surface area contributed by atoms with Crippen LogP contribution in [0.5, 0.6) is 0 Å². The van der Waals surface area contributed by atoms with Crippen LogP contribution in [-0.2, 0) is 4.79 Å². The van der Waals surface area contributed by atoms with Gasteiger partial charge < -0.3 is 5.32 Å². The summed E-state index contributed by atoms with van der Waals surface area (Å²) in [5.41, 5.74) is 3.91. The first-order valence-corrected chi connectivity index (χ1v) is 6.65. The second-order valence-electron chi connectivity index (χ2n) is 4.83. The molecule has 0 atom stereocenters. The minimum absolute atomic E-state index is 0.0853. The van der Waals surface area contributed by atoms with E-state index in [1.165, 1.54) is 5.56 Å². The van der Waals surface area contributed by atoms with E-state index in [1.54, 1.807) is 18.2 Å². The maximum atomic E-state index is 12.1. The summed E-state index contributed by atoms with van der Waals surface area (Å²) in [6.45, 7) is 4.03. The van der Waals surface area contributed by atoms with Gasteiger partial charge in [-0.05, 0) is 48.7 Å². The Balaban J connectivity index is 2.22. The van der Waals surface area contributed by atoms with Gasteiger partial charge in [0.05, 0.1) is 0 Å². The summed E-state index contributed by atoms with van der Waals surface area (Å²) in [4.78, 5) is 12.1. The highest BCUT2D eigenvalue weighted by molar-refractivity contribution is 6.09.